The summed E-state index contributed by atoms with van der Waals surface area (Å²) >= 11 is 0. The predicted octanol–water partition coefficient (Wildman–Crippen LogP) is 1.56. The summed E-state index contributed by atoms with van der Waals surface area (Å²) in [6.45, 7) is 8.58. The third-order valence-electron chi connectivity index (χ3n) is 3.80. The van der Waals surface area contributed by atoms with E-state index in [0.717, 1.165) is 6.04 Å². The third kappa shape index (κ3) is 1.50. The molecule has 76 valence electrons. The van der Waals surface area contributed by atoms with Crippen molar-refractivity contribution in [3.63, 3.8) is 0 Å². The molecule has 0 N–H and O–H groups in total. The fourth-order valence-electron chi connectivity index (χ4n) is 3.14. The van der Waals surface area contributed by atoms with E-state index in [0.29, 0.717) is 5.54 Å². The molecule has 2 heterocycles. The molecule has 2 fully saturated rings. The maximum absolute atomic E-state index is 2.70. The number of piperidine rings is 1. The smallest absolute Gasteiger partial charge is 0.0351 e. The summed E-state index contributed by atoms with van der Waals surface area (Å²) in [4.78, 5) is 5.20. The molecule has 0 saturated carbocycles. The Labute approximate surface area is 81.9 Å². The number of nitrogens with zero attached hydrogens (tertiary/aromatic N) is 2. The van der Waals surface area contributed by atoms with Crippen molar-refractivity contribution in [2.24, 2.45) is 0 Å². The molecule has 2 rings (SSSR count). The second-order valence-electron chi connectivity index (χ2n) is 5.10. The molecule has 1 spiro atoms. The van der Waals surface area contributed by atoms with Gasteiger partial charge in [-0.25, -0.2) is 0 Å². The van der Waals surface area contributed by atoms with Gasteiger partial charge in [-0.2, -0.15) is 0 Å². The van der Waals surface area contributed by atoms with Gasteiger partial charge in [0.15, 0.2) is 0 Å². The van der Waals surface area contributed by atoms with Crippen molar-refractivity contribution in [2.75, 3.05) is 26.7 Å². The lowest BCUT2D eigenvalue weighted by Gasteiger charge is -2.58. The highest BCUT2D eigenvalue weighted by molar-refractivity contribution is 5.04. The Morgan fingerprint density at radius 2 is 1.92 bits per heavy atom. The normalized spacial score (nSPS) is 36.9. The zero-order valence-electron chi connectivity index (χ0n) is 9.21. The van der Waals surface area contributed by atoms with Crippen LogP contribution in [0.15, 0.2) is 0 Å². The number of hydrogen-bond acceptors (Lipinski definition) is 2. The highest BCUT2D eigenvalue weighted by Gasteiger charge is 2.47. The fourth-order valence-corrected chi connectivity index (χ4v) is 3.14. The summed E-state index contributed by atoms with van der Waals surface area (Å²) in [5.41, 5.74) is 0.571. The molecule has 0 aromatic heterocycles. The van der Waals surface area contributed by atoms with Gasteiger partial charge in [-0.3, -0.25) is 4.90 Å². The summed E-state index contributed by atoms with van der Waals surface area (Å²) in [5.74, 6) is 0. The second kappa shape index (κ2) is 3.25. The standard InChI is InChI=1S/C11H22N2/c1-10(2)13-8-6-11(13)5-4-7-12(3)9-11/h10H,4-9H2,1-3H3. The van der Waals surface area contributed by atoms with Crippen molar-refractivity contribution in [3.05, 3.63) is 0 Å². The Bertz CT molecular complexity index is 191. The molecule has 0 aliphatic carbocycles. The molecule has 1 unspecified atom stereocenters. The molecule has 2 saturated heterocycles. The average molecular weight is 182 g/mol. The molecule has 0 radical (unpaired) electrons. The van der Waals surface area contributed by atoms with E-state index in [1.165, 1.54) is 38.9 Å². The van der Waals surface area contributed by atoms with Gasteiger partial charge in [-0.05, 0) is 46.7 Å². The van der Waals surface area contributed by atoms with Crippen LogP contribution in [-0.4, -0.2) is 48.1 Å². The van der Waals surface area contributed by atoms with Gasteiger partial charge in [0.25, 0.3) is 0 Å². The molecular formula is C11H22N2. The first-order valence-electron chi connectivity index (χ1n) is 5.59. The van der Waals surface area contributed by atoms with Crippen LogP contribution in [0.4, 0.5) is 0 Å². The van der Waals surface area contributed by atoms with E-state index >= 15 is 0 Å². The number of hydrogen-bond donors (Lipinski definition) is 0. The van der Waals surface area contributed by atoms with Crippen molar-refractivity contribution in [1.29, 1.82) is 0 Å². The van der Waals surface area contributed by atoms with E-state index in [9.17, 15) is 0 Å². The predicted molar refractivity (Wildman–Crippen MR) is 55.9 cm³/mol. The minimum atomic E-state index is 0.571. The van der Waals surface area contributed by atoms with Gasteiger partial charge >= 0.3 is 0 Å². The van der Waals surface area contributed by atoms with Crippen LogP contribution >= 0.6 is 0 Å². The van der Waals surface area contributed by atoms with E-state index in [4.69, 9.17) is 0 Å². The van der Waals surface area contributed by atoms with Gasteiger partial charge < -0.3 is 4.90 Å². The Balaban J connectivity index is 2.03. The number of likely N-dealkylation sites (N-methyl/N-ethyl adjacent to an activating group) is 1. The summed E-state index contributed by atoms with van der Waals surface area (Å²) in [7, 11) is 2.26. The number of likely N-dealkylation sites (tertiary alicyclic amines) is 2. The van der Waals surface area contributed by atoms with Crippen LogP contribution < -0.4 is 0 Å². The van der Waals surface area contributed by atoms with Crippen LogP contribution in [-0.2, 0) is 0 Å². The van der Waals surface area contributed by atoms with Gasteiger partial charge in [0.05, 0.1) is 0 Å². The molecule has 0 aromatic rings. The van der Waals surface area contributed by atoms with Crippen molar-refractivity contribution in [2.45, 2.75) is 44.7 Å². The Hall–Kier alpha value is -0.0800. The third-order valence-corrected chi connectivity index (χ3v) is 3.80. The minimum Gasteiger partial charge on any atom is -0.305 e. The van der Waals surface area contributed by atoms with Crippen LogP contribution in [0.5, 0.6) is 0 Å². The summed E-state index contributed by atoms with van der Waals surface area (Å²) in [6.07, 6.45) is 4.24. The summed E-state index contributed by atoms with van der Waals surface area (Å²) < 4.78 is 0. The minimum absolute atomic E-state index is 0.571. The lowest BCUT2D eigenvalue weighted by atomic mass is 9.77. The van der Waals surface area contributed by atoms with Crippen LogP contribution in [0.2, 0.25) is 0 Å². The first-order chi connectivity index (χ1) is 6.14. The summed E-state index contributed by atoms with van der Waals surface area (Å²) in [5, 5.41) is 0. The first-order valence-corrected chi connectivity index (χ1v) is 5.59. The van der Waals surface area contributed by atoms with Crippen molar-refractivity contribution < 1.29 is 0 Å². The highest BCUT2D eigenvalue weighted by atomic mass is 15.3. The van der Waals surface area contributed by atoms with Gasteiger partial charge in [-0.15, -0.1) is 0 Å². The maximum atomic E-state index is 2.70. The fraction of sp³-hybridized carbons (Fsp3) is 1.00. The molecular weight excluding hydrogens is 160 g/mol. The molecule has 0 aromatic carbocycles. The molecule has 2 aliphatic rings. The van der Waals surface area contributed by atoms with Crippen LogP contribution in [0.1, 0.15) is 33.1 Å². The van der Waals surface area contributed by atoms with E-state index < -0.39 is 0 Å². The lowest BCUT2D eigenvalue weighted by molar-refractivity contribution is -0.0796. The quantitative estimate of drug-likeness (QED) is 0.607. The Kier molecular flexibility index (Phi) is 2.37. The zero-order valence-corrected chi connectivity index (χ0v) is 9.21. The second-order valence-corrected chi connectivity index (χ2v) is 5.10. The SMILES string of the molecule is CC(C)N1CCC12CCCN(C)C2. The molecule has 2 nitrogen and oxygen atoms in total. The lowest BCUT2D eigenvalue weighted by Crippen LogP contribution is -2.68. The van der Waals surface area contributed by atoms with Crippen molar-refractivity contribution >= 4 is 0 Å². The van der Waals surface area contributed by atoms with Crippen LogP contribution in [0.3, 0.4) is 0 Å². The maximum Gasteiger partial charge on any atom is 0.0351 e. The van der Waals surface area contributed by atoms with Crippen LogP contribution in [0.25, 0.3) is 0 Å². The monoisotopic (exact) mass is 182 g/mol. The van der Waals surface area contributed by atoms with Gasteiger partial charge in [0, 0.05) is 24.7 Å². The zero-order chi connectivity index (χ0) is 9.47. The van der Waals surface area contributed by atoms with E-state index in [-0.39, 0.29) is 0 Å². The van der Waals surface area contributed by atoms with Gasteiger partial charge in [0.1, 0.15) is 0 Å². The summed E-state index contributed by atoms with van der Waals surface area (Å²) in [6, 6.07) is 0.736. The molecule has 0 amide bonds. The molecule has 0 bridgehead atoms. The largest absolute Gasteiger partial charge is 0.305 e. The molecule has 2 heteroatoms. The highest BCUT2D eigenvalue weighted by Crippen LogP contribution is 2.39. The van der Waals surface area contributed by atoms with Gasteiger partial charge in [0.2, 0.25) is 0 Å². The first kappa shape index (κ1) is 9.47. The van der Waals surface area contributed by atoms with E-state index in [1.807, 2.05) is 0 Å². The van der Waals surface area contributed by atoms with E-state index in [1.54, 1.807) is 0 Å². The molecule has 13 heavy (non-hydrogen) atoms. The van der Waals surface area contributed by atoms with E-state index in [2.05, 4.69) is 30.7 Å². The van der Waals surface area contributed by atoms with Crippen molar-refractivity contribution in [1.82, 2.24) is 9.80 Å². The Morgan fingerprint density at radius 1 is 1.15 bits per heavy atom. The Morgan fingerprint density at radius 3 is 2.38 bits per heavy atom. The van der Waals surface area contributed by atoms with Crippen molar-refractivity contribution in [3.8, 4) is 0 Å². The topological polar surface area (TPSA) is 6.48 Å². The van der Waals surface area contributed by atoms with Crippen LogP contribution in [0, 0.1) is 0 Å². The van der Waals surface area contributed by atoms with Gasteiger partial charge in [-0.1, -0.05) is 0 Å². The molecule has 2 aliphatic heterocycles. The number of rotatable bonds is 1. The molecule has 1 atom stereocenters. The average Bonchev–Trinajstić information content (AvgIpc) is 2.01.